The number of ether oxygens (including phenoxy) is 1. The first-order chi connectivity index (χ1) is 9.06. The Kier molecular flexibility index (Phi) is 7.39. The first-order valence-corrected chi connectivity index (χ1v) is 7.75. The average Bonchev–Trinajstić information content (AvgIpc) is 2.62. The van der Waals surface area contributed by atoms with Crippen molar-refractivity contribution in [3.8, 4) is 0 Å². The van der Waals surface area contributed by atoms with Gasteiger partial charge in [0.1, 0.15) is 0 Å². The highest BCUT2D eigenvalue weighted by Gasteiger charge is 2.26. The van der Waals surface area contributed by atoms with Gasteiger partial charge < -0.3 is 15.8 Å². The van der Waals surface area contributed by atoms with Crippen LogP contribution in [0.4, 0.5) is 0 Å². The fourth-order valence-corrected chi connectivity index (χ4v) is 2.63. The van der Waals surface area contributed by atoms with Crippen LogP contribution >= 0.6 is 0 Å². The molecule has 1 fully saturated rings. The summed E-state index contributed by atoms with van der Waals surface area (Å²) >= 11 is 0. The largest absolute Gasteiger partial charge is 0.376 e. The van der Waals surface area contributed by atoms with Crippen molar-refractivity contribution in [3.05, 3.63) is 0 Å². The molecule has 0 heterocycles. The van der Waals surface area contributed by atoms with Crippen LogP contribution in [-0.4, -0.2) is 30.7 Å². The van der Waals surface area contributed by atoms with Gasteiger partial charge in [0, 0.05) is 6.54 Å². The molecule has 0 aromatic carbocycles. The Morgan fingerprint density at radius 1 is 1.32 bits per heavy atom. The van der Waals surface area contributed by atoms with Gasteiger partial charge in [0.05, 0.1) is 18.2 Å². The van der Waals surface area contributed by atoms with Gasteiger partial charge in [0.25, 0.3) is 0 Å². The van der Waals surface area contributed by atoms with E-state index < -0.39 is 5.54 Å². The summed E-state index contributed by atoms with van der Waals surface area (Å²) in [5.74, 6) is -0.0705. The van der Waals surface area contributed by atoms with Crippen LogP contribution in [0.15, 0.2) is 0 Å². The second-order valence-corrected chi connectivity index (χ2v) is 5.91. The molecular formula is C15H30N2O2. The van der Waals surface area contributed by atoms with Gasteiger partial charge in [0.2, 0.25) is 5.91 Å². The molecule has 0 aromatic rings. The number of carbonyl (C=O) groups excluding carboxylic acids is 1. The molecule has 0 spiro atoms. The summed E-state index contributed by atoms with van der Waals surface area (Å²) in [6.45, 7) is 4.98. The van der Waals surface area contributed by atoms with E-state index in [1.807, 2.05) is 6.92 Å². The van der Waals surface area contributed by atoms with Crippen LogP contribution in [0.2, 0.25) is 0 Å². The van der Waals surface area contributed by atoms with Crippen LogP contribution in [0, 0.1) is 0 Å². The minimum absolute atomic E-state index is 0.0705. The van der Waals surface area contributed by atoms with E-state index in [0.717, 1.165) is 6.42 Å². The van der Waals surface area contributed by atoms with Crippen molar-refractivity contribution in [1.29, 1.82) is 0 Å². The van der Waals surface area contributed by atoms with Crippen LogP contribution in [0.3, 0.4) is 0 Å². The van der Waals surface area contributed by atoms with E-state index in [1.165, 1.54) is 38.5 Å². The van der Waals surface area contributed by atoms with E-state index >= 15 is 0 Å². The highest BCUT2D eigenvalue weighted by Crippen LogP contribution is 2.19. The topological polar surface area (TPSA) is 64.4 Å². The van der Waals surface area contributed by atoms with Gasteiger partial charge in [-0.3, -0.25) is 4.79 Å². The Labute approximate surface area is 117 Å². The number of nitrogens with one attached hydrogen (secondary N) is 1. The van der Waals surface area contributed by atoms with Gasteiger partial charge in [-0.25, -0.2) is 0 Å². The molecule has 0 aromatic heterocycles. The van der Waals surface area contributed by atoms with Crippen molar-refractivity contribution in [2.24, 2.45) is 5.73 Å². The maximum absolute atomic E-state index is 11.9. The highest BCUT2D eigenvalue weighted by atomic mass is 16.5. The zero-order valence-electron chi connectivity index (χ0n) is 12.5. The van der Waals surface area contributed by atoms with E-state index in [2.05, 4.69) is 5.32 Å². The predicted molar refractivity (Wildman–Crippen MR) is 78.0 cm³/mol. The van der Waals surface area contributed by atoms with E-state index in [0.29, 0.717) is 25.7 Å². The Balaban J connectivity index is 2.14. The van der Waals surface area contributed by atoms with Gasteiger partial charge in [-0.15, -0.1) is 0 Å². The van der Waals surface area contributed by atoms with Crippen LogP contribution in [0.1, 0.15) is 65.2 Å². The zero-order chi connectivity index (χ0) is 14.1. The molecule has 0 saturated heterocycles. The highest BCUT2D eigenvalue weighted by molar-refractivity contribution is 5.85. The SMILES string of the molecule is CCCC(C)(N)C(=O)NCCOC1CCCCCC1. The number of amides is 1. The maximum atomic E-state index is 11.9. The number of hydrogen-bond acceptors (Lipinski definition) is 3. The first kappa shape index (κ1) is 16.4. The third-order valence-corrected chi connectivity index (χ3v) is 3.83. The Bertz CT molecular complexity index is 259. The van der Waals surface area contributed by atoms with Gasteiger partial charge in [-0.2, -0.15) is 0 Å². The van der Waals surface area contributed by atoms with Gasteiger partial charge in [-0.05, 0) is 26.2 Å². The molecule has 0 aliphatic heterocycles. The summed E-state index contributed by atoms with van der Waals surface area (Å²) < 4.78 is 5.83. The minimum atomic E-state index is -0.753. The summed E-state index contributed by atoms with van der Waals surface area (Å²) in [5, 5.41) is 2.87. The fraction of sp³-hybridized carbons (Fsp3) is 0.933. The lowest BCUT2D eigenvalue weighted by Gasteiger charge is -2.23. The smallest absolute Gasteiger partial charge is 0.239 e. The first-order valence-electron chi connectivity index (χ1n) is 7.75. The number of nitrogens with two attached hydrogens (primary N) is 1. The van der Waals surface area contributed by atoms with Crippen LogP contribution < -0.4 is 11.1 Å². The van der Waals surface area contributed by atoms with Crippen molar-refractivity contribution in [2.45, 2.75) is 76.9 Å². The Morgan fingerprint density at radius 2 is 1.95 bits per heavy atom. The molecule has 1 amide bonds. The van der Waals surface area contributed by atoms with Crippen molar-refractivity contribution in [2.75, 3.05) is 13.2 Å². The van der Waals surface area contributed by atoms with E-state index in [1.54, 1.807) is 6.92 Å². The molecule has 1 unspecified atom stereocenters. The third-order valence-electron chi connectivity index (χ3n) is 3.83. The number of carbonyl (C=O) groups is 1. The van der Waals surface area contributed by atoms with E-state index in [4.69, 9.17) is 10.5 Å². The lowest BCUT2D eigenvalue weighted by molar-refractivity contribution is -0.126. The molecule has 0 radical (unpaired) electrons. The van der Waals surface area contributed by atoms with Gasteiger partial charge in [0.15, 0.2) is 0 Å². The van der Waals surface area contributed by atoms with Crippen molar-refractivity contribution in [3.63, 3.8) is 0 Å². The Hall–Kier alpha value is -0.610. The second-order valence-electron chi connectivity index (χ2n) is 5.91. The van der Waals surface area contributed by atoms with Crippen molar-refractivity contribution in [1.82, 2.24) is 5.32 Å². The van der Waals surface area contributed by atoms with Crippen LogP contribution in [0.25, 0.3) is 0 Å². The van der Waals surface area contributed by atoms with Crippen molar-refractivity contribution >= 4 is 5.91 Å². The molecule has 0 bridgehead atoms. The van der Waals surface area contributed by atoms with Gasteiger partial charge in [-0.1, -0.05) is 39.0 Å². The lowest BCUT2D eigenvalue weighted by Crippen LogP contribution is -2.52. The monoisotopic (exact) mass is 270 g/mol. The Morgan fingerprint density at radius 3 is 2.53 bits per heavy atom. The second kappa shape index (κ2) is 8.54. The maximum Gasteiger partial charge on any atom is 0.239 e. The zero-order valence-corrected chi connectivity index (χ0v) is 12.5. The lowest BCUT2D eigenvalue weighted by atomic mass is 9.97. The molecule has 3 N–H and O–H groups in total. The molecule has 1 aliphatic rings. The molecule has 1 atom stereocenters. The van der Waals surface area contributed by atoms with E-state index in [9.17, 15) is 4.79 Å². The minimum Gasteiger partial charge on any atom is -0.376 e. The summed E-state index contributed by atoms with van der Waals surface area (Å²) in [6, 6.07) is 0. The molecule has 1 saturated carbocycles. The quantitative estimate of drug-likeness (QED) is 0.551. The molecular weight excluding hydrogens is 240 g/mol. The van der Waals surface area contributed by atoms with E-state index in [-0.39, 0.29) is 5.91 Å². The molecule has 112 valence electrons. The molecule has 19 heavy (non-hydrogen) atoms. The predicted octanol–water partition coefficient (Wildman–Crippen LogP) is 2.36. The number of hydrogen-bond donors (Lipinski definition) is 2. The molecule has 4 nitrogen and oxygen atoms in total. The fourth-order valence-electron chi connectivity index (χ4n) is 2.63. The number of rotatable bonds is 7. The standard InChI is InChI=1S/C15H30N2O2/c1-3-10-15(2,16)14(18)17-11-12-19-13-8-6-4-5-7-9-13/h13H,3-12,16H2,1-2H3,(H,17,18). The van der Waals surface area contributed by atoms with Gasteiger partial charge >= 0.3 is 0 Å². The summed E-state index contributed by atoms with van der Waals surface area (Å²) in [7, 11) is 0. The average molecular weight is 270 g/mol. The molecule has 1 aliphatic carbocycles. The third kappa shape index (κ3) is 6.39. The van der Waals surface area contributed by atoms with Crippen LogP contribution in [-0.2, 0) is 9.53 Å². The summed E-state index contributed by atoms with van der Waals surface area (Å²) in [6.07, 6.45) is 9.55. The summed E-state index contributed by atoms with van der Waals surface area (Å²) in [4.78, 5) is 11.9. The normalized spacial score (nSPS) is 20.6. The molecule has 1 rings (SSSR count). The van der Waals surface area contributed by atoms with Crippen molar-refractivity contribution < 1.29 is 9.53 Å². The van der Waals surface area contributed by atoms with Crippen LogP contribution in [0.5, 0.6) is 0 Å². The molecule has 4 heteroatoms. The summed E-state index contributed by atoms with van der Waals surface area (Å²) in [5.41, 5.74) is 5.21.